The van der Waals surface area contributed by atoms with Gasteiger partial charge in [0.05, 0.1) is 12.2 Å². The highest BCUT2D eigenvalue weighted by Gasteiger charge is 2.20. The van der Waals surface area contributed by atoms with Crippen LogP contribution < -0.4 is 5.32 Å². The molecule has 1 aliphatic rings. The number of likely N-dealkylation sites (tertiary alicyclic amines) is 1. The Morgan fingerprint density at radius 1 is 1.39 bits per heavy atom. The monoisotopic (exact) mass is 333 g/mol. The number of nitrogens with zero attached hydrogens (tertiary/aromatic N) is 2. The highest BCUT2D eigenvalue weighted by Crippen LogP contribution is 2.25. The molecule has 0 unspecified atom stereocenters. The number of anilines is 1. The molecule has 1 aromatic heterocycles. The first-order valence-electron chi connectivity index (χ1n) is 7.41. The third-order valence-corrected chi connectivity index (χ3v) is 4.38. The molecule has 0 bridgehead atoms. The molecule has 0 saturated carbocycles. The van der Waals surface area contributed by atoms with Crippen molar-refractivity contribution in [2.45, 2.75) is 19.3 Å². The minimum atomic E-state index is -0.329. The maximum Gasteiger partial charge on any atom is 0.245 e. The number of thiazole rings is 1. The zero-order valence-electron chi connectivity index (χ0n) is 12.4. The summed E-state index contributed by atoms with van der Waals surface area (Å²) in [6.07, 6.45) is 2.33. The smallest absolute Gasteiger partial charge is 0.245 e. The van der Waals surface area contributed by atoms with Gasteiger partial charge >= 0.3 is 0 Å². The molecule has 2 aromatic rings. The van der Waals surface area contributed by atoms with Crippen LogP contribution in [0.15, 0.2) is 29.6 Å². The molecule has 23 heavy (non-hydrogen) atoms. The van der Waals surface area contributed by atoms with E-state index in [1.807, 2.05) is 0 Å². The molecule has 2 amide bonds. The number of aromatic nitrogens is 1. The lowest BCUT2D eigenvalue weighted by Gasteiger charge is -2.25. The van der Waals surface area contributed by atoms with Crippen molar-refractivity contribution in [2.75, 3.05) is 18.4 Å². The predicted molar refractivity (Wildman–Crippen MR) is 86.6 cm³/mol. The Hall–Kier alpha value is -2.28. The summed E-state index contributed by atoms with van der Waals surface area (Å²) in [5, 5.41) is 4.90. The lowest BCUT2D eigenvalue weighted by molar-refractivity contribution is -0.136. The van der Waals surface area contributed by atoms with E-state index >= 15 is 0 Å². The normalized spacial score (nSPS) is 14.8. The minimum Gasteiger partial charge on any atom is -0.333 e. The molecule has 0 atom stereocenters. The van der Waals surface area contributed by atoms with Crippen LogP contribution in [0.5, 0.6) is 0 Å². The summed E-state index contributed by atoms with van der Waals surface area (Å²) in [6.45, 7) is 0.673. The second-order valence-corrected chi connectivity index (χ2v) is 6.23. The standard InChI is InChI=1S/C16H16FN3O2S/c17-12-5-3-4-11(8-12)13-10-23-16(18-13)19-14(21)9-20-7-2-1-6-15(20)22/h3-5,8,10H,1-2,6-7,9H2,(H,18,19,21). The molecule has 1 N–H and O–H groups in total. The average Bonchev–Trinajstić information content (AvgIpc) is 2.98. The molecule has 1 aromatic carbocycles. The summed E-state index contributed by atoms with van der Waals surface area (Å²) in [5.74, 6) is -0.573. The van der Waals surface area contributed by atoms with Crippen LogP contribution in [-0.4, -0.2) is 34.8 Å². The van der Waals surface area contributed by atoms with Crippen LogP contribution in [-0.2, 0) is 9.59 Å². The molecular formula is C16H16FN3O2S. The van der Waals surface area contributed by atoms with Crippen LogP contribution in [0, 0.1) is 5.82 Å². The molecule has 1 aliphatic heterocycles. The van der Waals surface area contributed by atoms with E-state index in [1.54, 1.807) is 22.4 Å². The van der Waals surface area contributed by atoms with E-state index in [-0.39, 0.29) is 24.2 Å². The topological polar surface area (TPSA) is 62.3 Å². The van der Waals surface area contributed by atoms with Gasteiger partial charge in [-0.3, -0.25) is 9.59 Å². The second kappa shape index (κ2) is 6.87. The van der Waals surface area contributed by atoms with Crippen LogP contribution in [0.3, 0.4) is 0 Å². The Kier molecular flexibility index (Phi) is 4.66. The van der Waals surface area contributed by atoms with Gasteiger partial charge in [0.25, 0.3) is 0 Å². The molecule has 2 heterocycles. The van der Waals surface area contributed by atoms with Gasteiger partial charge in [-0.2, -0.15) is 0 Å². The molecule has 1 fully saturated rings. The highest BCUT2D eigenvalue weighted by molar-refractivity contribution is 7.14. The average molecular weight is 333 g/mol. The van der Waals surface area contributed by atoms with Crippen molar-refractivity contribution in [1.29, 1.82) is 0 Å². The van der Waals surface area contributed by atoms with Gasteiger partial charge in [0.2, 0.25) is 11.8 Å². The van der Waals surface area contributed by atoms with Gasteiger partial charge in [-0.1, -0.05) is 12.1 Å². The first-order chi connectivity index (χ1) is 11.1. The van der Waals surface area contributed by atoms with Gasteiger partial charge in [-0.25, -0.2) is 9.37 Å². The van der Waals surface area contributed by atoms with Crippen molar-refractivity contribution in [3.63, 3.8) is 0 Å². The number of benzene rings is 1. The fraction of sp³-hybridized carbons (Fsp3) is 0.312. The Morgan fingerprint density at radius 3 is 3.04 bits per heavy atom. The number of rotatable bonds is 4. The summed E-state index contributed by atoms with van der Waals surface area (Å²) in [7, 11) is 0. The number of piperidine rings is 1. The van der Waals surface area contributed by atoms with Gasteiger partial charge in [-0.15, -0.1) is 11.3 Å². The molecule has 3 rings (SSSR count). The van der Waals surface area contributed by atoms with Gasteiger partial charge in [0.15, 0.2) is 5.13 Å². The van der Waals surface area contributed by atoms with Gasteiger partial charge in [0, 0.05) is 23.9 Å². The van der Waals surface area contributed by atoms with Crippen LogP contribution >= 0.6 is 11.3 Å². The third kappa shape index (κ3) is 3.92. The predicted octanol–water partition coefficient (Wildman–Crippen LogP) is 2.90. The Balaban J connectivity index is 1.62. The van der Waals surface area contributed by atoms with Crippen LogP contribution in [0.4, 0.5) is 9.52 Å². The first kappa shape index (κ1) is 15.6. The van der Waals surface area contributed by atoms with E-state index in [4.69, 9.17) is 0 Å². The summed E-state index contributed by atoms with van der Waals surface area (Å²) < 4.78 is 13.2. The van der Waals surface area contributed by atoms with Crippen molar-refractivity contribution < 1.29 is 14.0 Å². The van der Waals surface area contributed by atoms with Gasteiger partial charge in [-0.05, 0) is 25.0 Å². The zero-order valence-corrected chi connectivity index (χ0v) is 13.2. The van der Waals surface area contributed by atoms with E-state index in [9.17, 15) is 14.0 Å². The number of carbonyl (C=O) groups excluding carboxylic acids is 2. The van der Waals surface area contributed by atoms with Crippen molar-refractivity contribution in [2.24, 2.45) is 0 Å². The number of carbonyl (C=O) groups is 2. The summed E-state index contributed by atoms with van der Waals surface area (Å²) in [6, 6.07) is 6.14. The van der Waals surface area contributed by atoms with Crippen molar-refractivity contribution in [3.8, 4) is 11.3 Å². The van der Waals surface area contributed by atoms with Crippen LogP contribution in [0.1, 0.15) is 19.3 Å². The number of nitrogens with one attached hydrogen (secondary N) is 1. The zero-order chi connectivity index (χ0) is 16.2. The summed E-state index contributed by atoms with van der Waals surface area (Å²) in [4.78, 5) is 29.6. The van der Waals surface area contributed by atoms with Gasteiger partial charge < -0.3 is 10.2 Å². The van der Waals surface area contributed by atoms with E-state index < -0.39 is 0 Å². The molecule has 0 radical (unpaired) electrons. The SMILES string of the molecule is O=C(CN1CCCCC1=O)Nc1nc(-c2cccc(F)c2)cs1. The lowest BCUT2D eigenvalue weighted by atomic mass is 10.1. The number of hydrogen-bond donors (Lipinski definition) is 1. The molecule has 0 aliphatic carbocycles. The number of halogens is 1. The second-order valence-electron chi connectivity index (χ2n) is 5.37. The molecule has 120 valence electrons. The van der Waals surface area contributed by atoms with Crippen LogP contribution in [0.25, 0.3) is 11.3 Å². The molecular weight excluding hydrogens is 317 g/mol. The largest absolute Gasteiger partial charge is 0.333 e. The number of amides is 2. The fourth-order valence-electron chi connectivity index (χ4n) is 2.47. The molecule has 0 spiro atoms. The molecule has 5 nitrogen and oxygen atoms in total. The number of hydrogen-bond acceptors (Lipinski definition) is 4. The molecule has 1 saturated heterocycles. The maximum absolute atomic E-state index is 13.2. The highest BCUT2D eigenvalue weighted by atomic mass is 32.1. The lowest BCUT2D eigenvalue weighted by Crippen LogP contribution is -2.40. The first-order valence-corrected chi connectivity index (χ1v) is 8.29. The van der Waals surface area contributed by atoms with Gasteiger partial charge in [0.1, 0.15) is 5.82 Å². The van der Waals surface area contributed by atoms with Crippen molar-refractivity contribution in [3.05, 3.63) is 35.5 Å². The van der Waals surface area contributed by atoms with E-state index in [2.05, 4.69) is 10.3 Å². The van der Waals surface area contributed by atoms with E-state index in [1.165, 1.54) is 23.5 Å². The van der Waals surface area contributed by atoms with Crippen molar-refractivity contribution >= 4 is 28.3 Å². The van der Waals surface area contributed by atoms with Crippen molar-refractivity contribution in [1.82, 2.24) is 9.88 Å². The van der Waals surface area contributed by atoms with E-state index in [0.717, 1.165) is 12.8 Å². The maximum atomic E-state index is 13.2. The summed E-state index contributed by atoms with van der Waals surface area (Å²) in [5.41, 5.74) is 1.27. The quantitative estimate of drug-likeness (QED) is 0.936. The minimum absolute atomic E-state index is 0.0194. The Bertz CT molecular complexity index is 732. The van der Waals surface area contributed by atoms with Crippen LogP contribution in [0.2, 0.25) is 0 Å². The third-order valence-electron chi connectivity index (χ3n) is 3.63. The Labute approximate surface area is 137 Å². The van der Waals surface area contributed by atoms with E-state index in [0.29, 0.717) is 29.4 Å². The fourth-order valence-corrected chi connectivity index (χ4v) is 3.21. The summed E-state index contributed by atoms with van der Waals surface area (Å²) >= 11 is 1.27. The molecule has 7 heteroatoms. The Morgan fingerprint density at radius 2 is 2.26 bits per heavy atom.